The number of benzene rings is 2. The summed E-state index contributed by atoms with van der Waals surface area (Å²) in [6.07, 6.45) is 2.89. The average Bonchev–Trinajstić information content (AvgIpc) is 2.86. The summed E-state index contributed by atoms with van der Waals surface area (Å²) in [6, 6.07) is 16.4. The van der Waals surface area contributed by atoms with Gasteiger partial charge in [-0.05, 0) is 50.1 Å². The van der Waals surface area contributed by atoms with Crippen LogP contribution in [0.2, 0.25) is 0 Å². The monoisotopic (exact) mass is 401 g/mol. The first-order valence-electron chi connectivity index (χ1n) is 9.70. The molecule has 0 aromatic heterocycles. The Morgan fingerprint density at radius 3 is 2.39 bits per heavy atom. The Labute approximate surface area is 167 Å². The normalized spacial score (nSPS) is 15.1. The zero-order valence-corrected chi connectivity index (χ0v) is 17.7. The number of nitrogens with zero attached hydrogens (tertiary/aromatic N) is 1. The Balaban J connectivity index is 1.86. The fourth-order valence-electron chi connectivity index (χ4n) is 3.32. The van der Waals surface area contributed by atoms with E-state index < -0.39 is 7.75 Å². The molecule has 150 valence electrons. The molecule has 0 bridgehead atoms. The van der Waals surface area contributed by atoms with Gasteiger partial charge in [0.25, 0.3) is 0 Å². The second-order valence-corrected chi connectivity index (χ2v) is 8.67. The first kappa shape index (κ1) is 20.8. The molecule has 0 aliphatic carbocycles. The fourth-order valence-corrected chi connectivity index (χ4v) is 4.81. The zero-order valence-electron chi connectivity index (χ0n) is 16.8. The van der Waals surface area contributed by atoms with Crippen molar-refractivity contribution in [2.24, 2.45) is 0 Å². The molecule has 0 radical (unpaired) electrons. The Morgan fingerprint density at radius 2 is 1.68 bits per heavy atom. The van der Waals surface area contributed by atoms with Gasteiger partial charge in [0.2, 0.25) is 0 Å². The molecule has 0 atom stereocenters. The van der Waals surface area contributed by atoms with Gasteiger partial charge in [-0.3, -0.25) is 9.05 Å². The predicted molar refractivity (Wildman–Crippen MR) is 112 cm³/mol. The largest absolute Gasteiger partial charge is 0.488 e. The lowest BCUT2D eigenvalue weighted by Gasteiger charge is -2.25. The quantitative estimate of drug-likeness (QED) is 0.546. The number of hydrogen-bond donors (Lipinski definition) is 0. The molecule has 1 aliphatic heterocycles. The molecule has 0 spiro atoms. The third-order valence-corrected chi connectivity index (χ3v) is 6.88. The van der Waals surface area contributed by atoms with Crippen LogP contribution in [0, 0.1) is 0 Å². The summed E-state index contributed by atoms with van der Waals surface area (Å²) in [5, 5.41) is 0. The van der Waals surface area contributed by atoms with Crippen LogP contribution in [-0.2, 0) is 20.2 Å². The van der Waals surface area contributed by atoms with Gasteiger partial charge in [-0.1, -0.05) is 48.5 Å². The first-order valence-corrected chi connectivity index (χ1v) is 11.2. The average molecular weight is 401 g/mol. The number of fused-ring (bicyclic) bond motifs is 2. The number of hydrogen-bond acceptors (Lipinski definition) is 4. The van der Waals surface area contributed by atoms with E-state index in [9.17, 15) is 4.57 Å². The lowest BCUT2D eigenvalue weighted by molar-refractivity contribution is 0.177. The fraction of sp³-hybridized carbons (Fsp3) is 0.364. The van der Waals surface area contributed by atoms with Crippen molar-refractivity contribution < 1.29 is 18.3 Å². The standard InChI is InChI=1S/C22H28NO4P/c1-4-26-28(24,27-5-2)23(3)16-10-14-20-19-12-7-6-11-18(19)17-25-22-15-9-8-13-21(20)22/h6-9,11-15H,4-5,10,16-17H2,1-3H3. The van der Waals surface area contributed by atoms with Crippen molar-refractivity contribution in [3.63, 3.8) is 0 Å². The van der Waals surface area contributed by atoms with Crippen LogP contribution in [0.15, 0.2) is 54.6 Å². The molecular weight excluding hydrogens is 373 g/mol. The molecule has 5 nitrogen and oxygen atoms in total. The molecule has 2 aromatic carbocycles. The van der Waals surface area contributed by atoms with Gasteiger partial charge in [0.05, 0.1) is 13.2 Å². The van der Waals surface area contributed by atoms with E-state index in [2.05, 4.69) is 24.3 Å². The van der Waals surface area contributed by atoms with Crippen LogP contribution in [-0.4, -0.2) is 31.5 Å². The van der Waals surface area contributed by atoms with E-state index in [1.165, 1.54) is 5.56 Å². The highest BCUT2D eigenvalue weighted by Crippen LogP contribution is 2.50. The number of ether oxygens (including phenoxy) is 1. The Kier molecular flexibility index (Phi) is 7.08. The van der Waals surface area contributed by atoms with Crippen molar-refractivity contribution in [1.82, 2.24) is 4.67 Å². The molecule has 0 N–H and O–H groups in total. The third-order valence-electron chi connectivity index (χ3n) is 4.67. The maximum atomic E-state index is 12.9. The van der Waals surface area contributed by atoms with Gasteiger partial charge >= 0.3 is 7.75 Å². The molecule has 0 unspecified atom stereocenters. The van der Waals surface area contributed by atoms with Gasteiger partial charge in [-0.2, -0.15) is 0 Å². The molecule has 0 amide bonds. The van der Waals surface area contributed by atoms with Crippen LogP contribution < -0.4 is 4.74 Å². The van der Waals surface area contributed by atoms with Gasteiger partial charge in [0.1, 0.15) is 12.4 Å². The van der Waals surface area contributed by atoms with Crippen molar-refractivity contribution in [2.45, 2.75) is 26.9 Å². The van der Waals surface area contributed by atoms with E-state index in [0.29, 0.717) is 32.8 Å². The van der Waals surface area contributed by atoms with Crippen molar-refractivity contribution >= 4 is 13.3 Å². The van der Waals surface area contributed by atoms with Gasteiger partial charge in [0.15, 0.2) is 0 Å². The Hall–Kier alpha value is -1.91. The minimum atomic E-state index is -3.24. The molecule has 28 heavy (non-hydrogen) atoms. The smallest absolute Gasteiger partial charge is 0.407 e. The summed E-state index contributed by atoms with van der Waals surface area (Å²) >= 11 is 0. The summed E-state index contributed by atoms with van der Waals surface area (Å²) in [7, 11) is -1.46. The molecule has 2 aromatic rings. The number of rotatable bonds is 8. The molecule has 0 saturated carbocycles. The first-order chi connectivity index (χ1) is 13.6. The van der Waals surface area contributed by atoms with E-state index in [1.54, 1.807) is 11.7 Å². The van der Waals surface area contributed by atoms with E-state index in [0.717, 1.165) is 22.4 Å². The van der Waals surface area contributed by atoms with Crippen LogP contribution in [0.25, 0.3) is 5.57 Å². The topological polar surface area (TPSA) is 48.0 Å². The predicted octanol–water partition coefficient (Wildman–Crippen LogP) is 5.51. The molecule has 0 saturated heterocycles. The second-order valence-electron chi connectivity index (χ2n) is 6.53. The highest BCUT2D eigenvalue weighted by atomic mass is 31.2. The van der Waals surface area contributed by atoms with Crippen LogP contribution >= 0.6 is 7.75 Å². The lowest BCUT2D eigenvalue weighted by Crippen LogP contribution is -2.19. The van der Waals surface area contributed by atoms with Gasteiger partial charge in [-0.25, -0.2) is 9.24 Å². The third kappa shape index (κ3) is 4.56. The lowest BCUT2D eigenvalue weighted by atomic mass is 9.93. The molecule has 3 rings (SSSR count). The van der Waals surface area contributed by atoms with Crippen LogP contribution in [0.4, 0.5) is 0 Å². The van der Waals surface area contributed by atoms with E-state index in [-0.39, 0.29) is 0 Å². The van der Waals surface area contributed by atoms with Gasteiger partial charge < -0.3 is 4.74 Å². The molecular formula is C22H28NO4P. The Morgan fingerprint density at radius 1 is 1.04 bits per heavy atom. The van der Waals surface area contributed by atoms with E-state index in [4.69, 9.17) is 13.8 Å². The SMILES string of the molecule is CCOP(=O)(OCC)N(C)CCC=C1c2ccccc2COc2ccccc21. The molecule has 1 aliphatic rings. The van der Waals surface area contributed by atoms with Gasteiger partial charge in [-0.15, -0.1) is 0 Å². The summed E-state index contributed by atoms with van der Waals surface area (Å²) in [6.45, 7) is 5.45. The van der Waals surface area contributed by atoms with Crippen molar-refractivity contribution in [3.05, 3.63) is 71.3 Å². The van der Waals surface area contributed by atoms with Crippen LogP contribution in [0.1, 0.15) is 37.0 Å². The zero-order chi connectivity index (χ0) is 20.0. The Bertz CT molecular complexity index is 821. The van der Waals surface area contributed by atoms with Crippen LogP contribution in [0.5, 0.6) is 5.75 Å². The highest BCUT2D eigenvalue weighted by molar-refractivity contribution is 7.51. The summed E-state index contributed by atoms with van der Waals surface area (Å²) in [5.74, 6) is 0.882. The van der Waals surface area contributed by atoms with Crippen molar-refractivity contribution in [2.75, 3.05) is 26.8 Å². The van der Waals surface area contributed by atoms with Gasteiger partial charge in [0, 0.05) is 12.1 Å². The minimum absolute atomic E-state index is 0.348. The molecule has 6 heteroatoms. The highest BCUT2D eigenvalue weighted by Gasteiger charge is 2.29. The van der Waals surface area contributed by atoms with E-state index >= 15 is 0 Å². The maximum Gasteiger partial charge on any atom is 0.407 e. The van der Waals surface area contributed by atoms with Crippen LogP contribution in [0.3, 0.4) is 0 Å². The second kappa shape index (κ2) is 9.53. The van der Waals surface area contributed by atoms with Crippen molar-refractivity contribution in [3.8, 4) is 5.75 Å². The van der Waals surface area contributed by atoms with Crippen molar-refractivity contribution in [1.29, 1.82) is 0 Å². The summed E-state index contributed by atoms with van der Waals surface area (Å²) < 4.78 is 31.4. The minimum Gasteiger partial charge on any atom is -0.488 e. The summed E-state index contributed by atoms with van der Waals surface area (Å²) in [5.41, 5.74) is 4.55. The summed E-state index contributed by atoms with van der Waals surface area (Å²) in [4.78, 5) is 0. The van der Waals surface area contributed by atoms with E-state index in [1.807, 2.05) is 44.2 Å². The molecule has 1 heterocycles. The molecule has 0 fully saturated rings. The number of para-hydroxylation sites is 1. The maximum absolute atomic E-state index is 12.9.